The Morgan fingerprint density at radius 3 is 2.63 bits per heavy atom. The van der Waals surface area contributed by atoms with Gasteiger partial charge in [0.05, 0.1) is 12.8 Å². The maximum absolute atomic E-state index is 12.2. The third-order valence-electron chi connectivity index (χ3n) is 2.84. The van der Waals surface area contributed by atoms with Crippen LogP contribution in [0.5, 0.6) is 5.75 Å². The van der Waals surface area contributed by atoms with Crippen LogP contribution in [0.2, 0.25) is 0 Å². The minimum absolute atomic E-state index is 0.144. The molecule has 0 aliphatic heterocycles. The Kier molecular flexibility index (Phi) is 5.52. The van der Waals surface area contributed by atoms with E-state index in [1.54, 1.807) is 18.5 Å². The van der Waals surface area contributed by atoms with Crippen molar-refractivity contribution < 1.29 is 9.53 Å². The van der Waals surface area contributed by atoms with Crippen LogP contribution in [0.3, 0.4) is 0 Å². The largest absolute Gasteiger partial charge is 0.492 e. The van der Waals surface area contributed by atoms with E-state index in [1.165, 1.54) is 0 Å². The predicted octanol–water partition coefficient (Wildman–Crippen LogP) is 4.13. The molecule has 0 saturated heterocycles. The van der Waals surface area contributed by atoms with Gasteiger partial charge in [-0.2, -0.15) is 0 Å². The molecule has 3 heteroatoms. The molecular formula is C16H25NO2. The molecule has 0 aliphatic rings. The second-order valence-corrected chi connectivity index (χ2v) is 6.34. The summed E-state index contributed by atoms with van der Waals surface area (Å²) in [4.78, 5) is 16.3. The summed E-state index contributed by atoms with van der Waals surface area (Å²) in [5.74, 6) is 1.19. The molecule has 0 bridgehead atoms. The minimum atomic E-state index is 0.144. The Morgan fingerprint density at radius 2 is 2.05 bits per heavy atom. The van der Waals surface area contributed by atoms with E-state index in [2.05, 4.69) is 32.7 Å². The van der Waals surface area contributed by atoms with Crippen LogP contribution < -0.4 is 4.74 Å². The lowest BCUT2D eigenvalue weighted by Gasteiger charge is -2.22. The highest BCUT2D eigenvalue weighted by Gasteiger charge is 2.18. The molecule has 0 spiro atoms. The molecule has 0 fully saturated rings. The summed E-state index contributed by atoms with van der Waals surface area (Å²) in [6.45, 7) is 11.2. The summed E-state index contributed by atoms with van der Waals surface area (Å²) in [6, 6.07) is 1.78. The molecule has 0 aromatic carbocycles. The van der Waals surface area contributed by atoms with Crippen LogP contribution in [-0.4, -0.2) is 17.4 Å². The van der Waals surface area contributed by atoms with E-state index in [0.717, 1.165) is 6.42 Å². The number of aromatic nitrogens is 1. The van der Waals surface area contributed by atoms with Crippen molar-refractivity contribution in [1.82, 2.24) is 4.98 Å². The Hall–Kier alpha value is -1.38. The van der Waals surface area contributed by atoms with Crippen molar-refractivity contribution in [3.63, 3.8) is 0 Å². The number of ketones is 1. The summed E-state index contributed by atoms with van der Waals surface area (Å²) >= 11 is 0. The van der Waals surface area contributed by atoms with E-state index < -0.39 is 0 Å². The van der Waals surface area contributed by atoms with Crippen molar-refractivity contribution in [2.24, 2.45) is 11.3 Å². The first kappa shape index (κ1) is 15.7. The Labute approximate surface area is 116 Å². The summed E-state index contributed by atoms with van der Waals surface area (Å²) in [6.07, 6.45) is 4.86. The average molecular weight is 263 g/mol. The third kappa shape index (κ3) is 5.86. The van der Waals surface area contributed by atoms with Crippen LogP contribution in [0, 0.1) is 11.3 Å². The Bertz CT molecular complexity index is 421. The maximum atomic E-state index is 12.2. The van der Waals surface area contributed by atoms with Gasteiger partial charge in [0.1, 0.15) is 5.75 Å². The quantitative estimate of drug-likeness (QED) is 0.724. The zero-order chi connectivity index (χ0) is 14.5. The zero-order valence-corrected chi connectivity index (χ0v) is 12.7. The summed E-state index contributed by atoms with van der Waals surface area (Å²) in [7, 11) is 0. The molecule has 106 valence electrons. The summed E-state index contributed by atoms with van der Waals surface area (Å²) < 4.78 is 5.37. The van der Waals surface area contributed by atoms with Crippen LogP contribution >= 0.6 is 0 Å². The van der Waals surface area contributed by atoms with Crippen molar-refractivity contribution in [2.45, 2.75) is 47.5 Å². The number of hydrogen-bond donors (Lipinski definition) is 0. The molecule has 1 unspecified atom stereocenters. The number of hydrogen-bond acceptors (Lipinski definition) is 3. The number of rotatable bonds is 6. The lowest BCUT2D eigenvalue weighted by Crippen LogP contribution is -2.14. The zero-order valence-electron chi connectivity index (χ0n) is 12.7. The third-order valence-corrected chi connectivity index (χ3v) is 2.84. The SMILES string of the molecule is CCOc1cncc(C(=O)CC(C)CC(C)(C)C)c1. The number of ether oxygens (including phenoxy) is 1. The van der Waals surface area contributed by atoms with Gasteiger partial charge < -0.3 is 4.74 Å². The van der Waals surface area contributed by atoms with Gasteiger partial charge in [0, 0.05) is 18.2 Å². The van der Waals surface area contributed by atoms with Gasteiger partial charge in [-0.25, -0.2) is 0 Å². The highest BCUT2D eigenvalue weighted by atomic mass is 16.5. The van der Waals surface area contributed by atoms with Crippen LogP contribution in [0.15, 0.2) is 18.5 Å². The van der Waals surface area contributed by atoms with Crippen LogP contribution in [0.4, 0.5) is 0 Å². The molecule has 0 aliphatic carbocycles. The monoisotopic (exact) mass is 263 g/mol. The molecule has 0 N–H and O–H groups in total. The molecule has 1 atom stereocenters. The first-order valence-electron chi connectivity index (χ1n) is 6.93. The van der Waals surface area contributed by atoms with Gasteiger partial charge in [0.15, 0.2) is 5.78 Å². The fraction of sp³-hybridized carbons (Fsp3) is 0.625. The standard InChI is InChI=1S/C16H25NO2/c1-6-19-14-8-13(10-17-11-14)15(18)7-12(2)9-16(3,4)5/h8,10-12H,6-7,9H2,1-5H3. The van der Waals surface area contributed by atoms with Gasteiger partial charge in [-0.3, -0.25) is 9.78 Å². The Balaban J connectivity index is 2.65. The first-order valence-corrected chi connectivity index (χ1v) is 6.93. The topological polar surface area (TPSA) is 39.2 Å². The summed E-state index contributed by atoms with van der Waals surface area (Å²) in [5.41, 5.74) is 0.900. The molecule has 1 heterocycles. The number of carbonyl (C=O) groups is 1. The van der Waals surface area contributed by atoms with E-state index in [-0.39, 0.29) is 11.2 Å². The highest BCUT2D eigenvalue weighted by Crippen LogP contribution is 2.27. The number of pyridine rings is 1. The van der Waals surface area contributed by atoms with Gasteiger partial charge in [-0.05, 0) is 30.7 Å². The molecule has 0 radical (unpaired) electrons. The second-order valence-electron chi connectivity index (χ2n) is 6.34. The molecule has 1 rings (SSSR count). The van der Waals surface area contributed by atoms with Crippen LogP contribution in [0.25, 0.3) is 0 Å². The molecule has 0 saturated carbocycles. The molecule has 19 heavy (non-hydrogen) atoms. The van der Waals surface area contributed by atoms with Crippen molar-refractivity contribution >= 4 is 5.78 Å². The smallest absolute Gasteiger partial charge is 0.164 e. The van der Waals surface area contributed by atoms with E-state index >= 15 is 0 Å². The van der Waals surface area contributed by atoms with E-state index in [9.17, 15) is 4.79 Å². The maximum Gasteiger partial charge on any atom is 0.164 e. The highest BCUT2D eigenvalue weighted by molar-refractivity contribution is 5.96. The molecular weight excluding hydrogens is 238 g/mol. The normalized spacial score (nSPS) is 13.1. The Morgan fingerprint density at radius 1 is 1.37 bits per heavy atom. The molecule has 1 aromatic heterocycles. The van der Waals surface area contributed by atoms with E-state index in [4.69, 9.17) is 4.74 Å². The molecule has 1 aromatic rings. The van der Waals surface area contributed by atoms with Crippen LogP contribution in [-0.2, 0) is 0 Å². The van der Waals surface area contributed by atoms with Gasteiger partial charge >= 0.3 is 0 Å². The number of nitrogens with zero attached hydrogens (tertiary/aromatic N) is 1. The van der Waals surface area contributed by atoms with Crippen molar-refractivity contribution in [3.8, 4) is 5.75 Å². The van der Waals surface area contributed by atoms with Gasteiger partial charge in [0.2, 0.25) is 0 Å². The van der Waals surface area contributed by atoms with E-state index in [1.807, 2.05) is 6.92 Å². The molecule has 3 nitrogen and oxygen atoms in total. The predicted molar refractivity (Wildman–Crippen MR) is 77.6 cm³/mol. The minimum Gasteiger partial charge on any atom is -0.492 e. The van der Waals surface area contributed by atoms with Gasteiger partial charge in [-0.15, -0.1) is 0 Å². The average Bonchev–Trinajstić information content (AvgIpc) is 2.27. The fourth-order valence-electron chi connectivity index (χ4n) is 2.37. The first-order chi connectivity index (χ1) is 8.81. The van der Waals surface area contributed by atoms with Crippen molar-refractivity contribution in [2.75, 3.05) is 6.61 Å². The fourth-order valence-corrected chi connectivity index (χ4v) is 2.37. The number of Topliss-reactive ketones (excluding diaryl/α,β-unsaturated/α-hetero) is 1. The van der Waals surface area contributed by atoms with Crippen molar-refractivity contribution in [3.05, 3.63) is 24.0 Å². The van der Waals surface area contributed by atoms with Gasteiger partial charge in [-0.1, -0.05) is 27.7 Å². The number of carbonyl (C=O) groups excluding carboxylic acids is 1. The summed E-state index contributed by atoms with van der Waals surface area (Å²) in [5, 5.41) is 0. The van der Waals surface area contributed by atoms with Gasteiger partial charge in [0.25, 0.3) is 0 Å². The second kappa shape index (κ2) is 6.69. The van der Waals surface area contributed by atoms with Crippen molar-refractivity contribution in [1.29, 1.82) is 0 Å². The lowest BCUT2D eigenvalue weighted by atomic mass is 9.83. The van der Waals surface area contributed by atoms with E-state index in [0.29, 0.717) is 30.3 Å². The lowest BCUT2D eigenvalue weighted by molar-refractivity contribution is 0.0953. The molecule has 0 amide bonds. The van der Waals surface area contributed by atoms with Crippen LogP contribution in [0.1, 0.15) is 57.8 Å².